The number of alkyl halides is 6. The lowest BCUT2D eigenvalue weighted by atomic mass is 10.1. The summed E-state index contributed by atoms with van der Waals surface area (Å²) in [6, 6.07) is 2.67. The summed E-state index contributed by atoms with van der Waals surface area (Å²) in [5.74, 6) is -1.74. The smallest absolute Gasteiger partial charge is 0.419 e. The van der Waals surface area contributed by atoms with E-state index >= 15 is 0 Å². The molecule has 0 saturated carbocycles. The Balaban J connectivity index is 1.75. The second-order valence-corrected chi connectivity index (χ2v) is 6.60. The Morgan fingerprint density at radius 1 is 0.853 bits per heavy atom. The molecule has 4 aromatic rings. The fraction of sp³-hybridized carbons (Fsp3) is 0.105. The van der Waals surface area contributed by atoms with Crippen LogP contribution < -0.4 is 5.32 Å². The van der Waals surface area contributed by atoms with E-state index in [1.807, 2.05) is 0 Å². The van der Waals surface area contributed by atoms with Crippen molar-refractivity contribution in [1.82, 2.24) is 29.9 Å². The zero-order valence-corrected chi connectivity index (χ0v) is 16.3. The maximum absolute atomic E-state index is 13.4. The van der Waals surface area contributed by atoms with Crippen LogP contribution in [-0.4, -0.2) is 41.0 Å². The van der Waals surface area contributed by atoms with Gasteiger partial charge in [0.2, 0.25) is 5.95 Å². The fourth-order valence-corrected chi connectivity index (χ4v) is 2.80. The molecule has 0 saturated heterocycles. The highest BCUT2D eigenvalue weighted by molar-refractivity contribution is 5.88. The van der Waals surface area contributed by atoms with Gasteiger partial charge in [0.05, 0.1) is 23.0 Å². The van der Waals surface area contributed by atoms with E-state index in [0.717, 1.165) is 6.20 Å². The monoisotopic (exact) mass is 481 g/mol. The number of hydrogen-bond donors (Lipinski definition) is 2. The Bertz CT molecular complexity index is 1390. The Labute approximate surface area is 184 Å². The summed E-state index contributed by atoms with van der Waals surface area (Å²) in [5.41, 5.74) is -4.01. The minimum Gasteiger partial charge on any atom is -0.477 e. The highest BCUT2D eigenvalue weighted by Crippen LogP contribution is 2.36. The largest absolute Gasteiger partial charge is 0.477 e. The molecule has 4 rings (SSSR count). The summed E-state index contributed by atoms with van der Waals surface area (Å²) >= 11 is 0. The van der Waals surface area contributed by atoms with Crippen LogP contribution in [0.15, 0.2) is 43.0 Å². The van der Waals surface area contributed by atoms with E-state index in [9.17, 15) is 31.1 Å². The van der Waals surface area contributed by atoms with Gasteiger partial charge in [-0.3, -0.25) is 0 Å². The number of aromatic nitrogens is 6. The van der Waals surface area contributed by atoms with Gasteiger partial charge in [-0.2, -0.15) is 26.3 Å². The normalized spacial score (nSPS) is 12.1. The van der Waals surface area contributed by atoms with Crippen LogP contribution in [0.5, 0.6) is 0 Å². The molecular formula is C19H9F6N7O2. The molecule has 0 amide bonds. The number of rotatable bonds is 4. The zero-order valence-electron chi connectivity index (χ0n) is 16.3. The SMILES string of the molecule is O=C(O)c1ccc(C(F)(F)F)c(-c2cnc3c(Nc4ncc(C(F)(F)F)cn4)ccnc3n2)n1. The van der Waals surface area contributed by atoms with Crippen molar-refractivity contribution < 1.29 is 36.2 Å². The fourth-order valence-electron chi connectivity index (χ4n) is 2.80. The molecule has 0 fully saturated rings. The van der Waals surface area contributed by atoms with Crippen molar-refractivity contribution >= 4 is 28.8 Å². The number of anilines is 2. The molecule has 0 bridgehead atoms. The van der Waals surface area contributed by atoms with Gasteiger partial charge in [-0.05, 0) is 18.2 Å². The van der Waals surface area contributed by atoms with Crippen LogP contribution in [0, 0.1) is 0 Å². The van der Waals surface area contributed by atoms with E-state index in [-0.39, 0.29) is 22.8 Å². The summed E-state index contributed by atoms with van der Waals surface area (Å²) in [6.07, 6.45) is -6.17. The van der Waals surface area contributed by atoms with Gasteiger partial charge in [0.1, 0.15) is 22.6 Å². The molecule has 0 aliphatic heterocycles. The number of nitrogens with zero attached hydrogens (tertiary/aromatic N) is 6. The Hall–Kier alpha value is -4.43. The van der Waals surface area contributed by atoms with Gasteiger partial charge in [-0.1, -0.05) is 0 Å². The van der Waals surface area contributed by atoms with Crippen molar-refractivity contribution in [3.05, 3.63) is 59.8 Å². The molecule has 0 aliphatic rings. The van der Waals surface area contributed by atoms with Crippen LogP contribution in [-0.2, 0) is 12.4 Å². The Morgan fingerprint density at radius 3 is 2.18 bits per heavy atom. The summed E-state index contributed by atoms with van der Waals surface area (Å²) in [4.78, 5) is 33.9. The van der Waals surface area contributed by atoms with E-state index in [4.69, 9.17) is 5.11 Å². The molecule has 0 atom stereocenters. The van der Waals surface area contributed by atoms with Gasteiger partial charge >= 0.3 is 18.3 Å². The lowest BCUT2D eigenvalue weighted by molar-refractivity contribution is -0.138. The highest BCUT2D eigenvalue weighted by atomic mass is 19.4. The minimum atomic E-state index is -4.85. The molecule has 2 N–H and O–H groups in total. The van der Waals surface area contributed by atoms with Crippen molar-refractivity contribution in [2.45, 2.75) is 12.4 Å². The molecule has 9 nitrogen and oxygen atoms in total. The molecule has 0 unspecified atom stereocenters. The summed E-state index contributed by atoms with van der Waals surface area (Å²) in [6.45, 7) is 0. The maximum atomic E-state index is 13.4. The number of aromatic carboxylic acids is 1. The van der Waals surface area contributed by atoms with Crippen LogP contribution in [0.4, 0.5) is 38.0 Å². The van der Waals surface area contributed by atoms with Gasteiger partial charge in [0.15, 0.2) is 5.65 Å². The van der Waals surface area contributed by atoms with E-state index in [1.54, 1.807) is 0 Å². The molecule has 0 aliphatic carbocycles. The molecule has 0 radical (unpaired) electrons. The molecule has 4 aromatic heterocycles. The number of hydrogen-bond acceptors (Lipinski definition) is 8. The van der Waals surface area contributed by atoms with Crippen LogP contribution in [0.1, 0.15) is 21.6 Å². The average molecular weight is 481 g/mol. The number of nitrogens with one attached hydrogen (secondary N) is 1. The van der Waals surface area contributed by atoms with E-state index in [2.05, 4.69) is 35.2 Å². The van der Waals surface area contributed by atoms with Crippen molar-refractivity contribution in [1.29, 1.82) is 0 Å². The molecule has 174 valence electrons. The first-order valence-electron chi connectivity index (χ1n) is 9.03. The van der Waals surface area contributed by atoms with Crippen LogP contribution in [0.25, 0.3) is 22.6 Å². The van der Waals surface area contributed by atoms with Crippen LogP contribution >= 0.6 is 0 Å². The number of pyridine rings is 2. The predicted molar refractivity (Wildman–Crippen MR) is 103 cm³/mol. The van der Waals surface area contributed by atoms with Gasteiger partial charge < -0.3 is 10.4 Å². The molecule has 15 heteroatoms. The lowest BCUT2D eigenvalue weighted by Crippen LogP contribution is -2.12. The quantitative estimate of drug-likeness (QED) is 0.409. The Kier molecular flexibility index (Phi) is 5.46. The zero-order chi connectivity index (χ0) is 24.7. The first kappa shape index (κ1) is 22.8. The van der Waals surface area contributed by atoms with Crippen molar-refractivity contribution in [3.8, 4) is 11.4 Å². The van der Waals surface area contributed by atoms with Gasteiger partial charge in [-0.15, -0.1) is 0 Å². The molecule has 4 heterocycles. The third-order valence-corrected chi connectivity index (χ3v) is 4.34. The van der Waals surface area contributed by atoms with Crippen molar-refractivity contribution in [2.75, 3.05) is 5.32 Å². The van der Waals surface area contributed by atoms with Gasteiger partial charge in [0.25, 0.3) is 0 Å². The number of carbonyl (C=O) groups is 1. The average Bonchev–Trinajstić information content (AvgIpc) is 2.77. The van der Waals surface area contributed by atoms with Crippen molar-refractivity contribution in [2.24, 2.45) is 0 Å². The third-order valence-electron chi connectivity index (χ3n) is 4.34. The van der Waals surface area contributed by atoms with Gasteiger partial charge in [-0.25, -0.2) is 34.7 Å². The van der Waals surface area contributed by atoms with Crippen LogP contribution in [0.2, 0.25) is 0 Å². The standard InChI is InChI=1S/C19H9F6N7O2/c20-18(21,22)8-5-28-17(29-6-8)32-10-3-4-26-15-14(10)27-7-12(31-15)13-9(19(23,24)25)1-2-11(30-13)16(33)34/h1-7H,(H,33,34)(H,26,28,29,31,32). The molecular weight excluding hydrogens is 472 g/mol. The van der Waals surface area contributed by atoms with E-state index in [0.29, 0.717) is 24.5 Å². The van der Waals surface area contributed by atoms with E-state index < -0.39 is 46.5 Å². The van der Waals surface area contributed by atoms with Crippen molar-refractivity contribution in [3.63, 3.8) is 0 Å². The van der Waals surface area contributed by atoms with Crippen LogP contribution in [0.3, 0.4) is 0 Å². The second kappa shape index (κ2) is 8.17. The maximum Gasteiger partial charge on any atom is 0.419 e. The second-order valence-electron chi connectivity index (χ2n) is 6.60. The molecule has 34 heavy (non-hydrogen) atoms. The molecule has 0 aromatic carbocycles. The summed E-state index contributed by atoms with van der Waals surface area (Å²) in [5, 5.41) is 11.7. The number of fused-ring (bicyclic) bond motifs is 1. The molecule has 0 spiro atoms. The first-order valence-corrected chi connectivity index (χ1v) is 9.03. The Morgan fingerprint density at radius 2 is 1.56 bits per heavy atom. The third kappa shape index (κ3) is 4.53. The minimum absolute atomic E-state index is 0.0395. The number of carboxylic acids is 1. The summed E-state index contributed by atoms with van der Waals surface area (Å²) in [7, 11) is 0. The number of carboxylic acid groups (broad SMARTS) is 1. The topological polar surface area (TPSA) is 127 Å². The predicted octanol–water partition coefficient (Wildman–Crippen LogP) is 4.36. The first-order chi connectivity index (χ1) is 15.9. The van der Waals surface area contributed by atoms with E-state index in [1.165, 1.54) is 12.3 Å². The summed E-state index contributed by atoms with van der Waals surface area (Å²) < 4.78 is 78.3. The lowest BCUT2D eigenvalue weighted by Gasteiger charge is -2.13. The van der Waals surface area contributed by atoms with Gasteiger partial charge in [0, 0.05) is 18.6 Å². The number of halogens is 6. The highest BCUT2D eigenvalue weighted by Gasteiger charge is 2.36.